The van der Waals surface area contributed by atoms with Gasteiger partial charge in [-0.25, -0.2) is 4.98 Å². The molecule has 0 bridgehead atoms. The van der Waals surface area contributed by atoms with Gasteiger partial charge in [0.25, 0.3) is 0 Å². The Morgan fingerprint density at radius 1 is 1.23 bits per heavy atom. The van der Waals surface area contributed by atoms with E-state index in [1.165, 1.54) is 11.1 Å². The second kappa shape index (κ2) is 8.87. The third-order valence-corrected chi connectivity index (χ3v) is 7.49. The zero-order valence-electron chi connectivity index (χ0n) is 18.0. The van der Waals surface area contributed by atoms with E-state index in [-0.39, 0.29) is 17.9 Å². The molecule has 1 aliphatic carbocycles. The van der Waals surface area contributed by atoms with Gasteiger partial charge in [-0.05, 0) is 68.4 Å². The Kier molecular flexibility index (Phi) is 5.81. The molecule has 1 aromatic heterocycles. The summed E-state index contributed by atoms with van der Waals surface area (Å²) in [7, 11) is 0. The number of piperidine rings is 1. The van der Waals surface area contributed by atoms with Gasteiger partial charge in [-0.1, -0.05) is 35.6 Å². The van der Waals surface area contributed by atoms with Crippen molar-refractivity contribution in [3.05, 3.63) is 53.6 Å². The number of aryl methyl sites for hydroxylation is 1. The van der Waals surface area contributed by atoms with Crippen LogP contribution in [-0.2, 0) is 11.2 Å². The number of nitrogens with one attached hydrogen (secondary N) is 1. The number of thiazole rings is 1. The van der Waals surface area contributed by atoms with E-state index in [1.54, 1.807) is 11.3 Å². The van der Waals surface area contributed by atoms with Crippen LogP contribution >= 0.6 is 11.3 Å². The van der Waals surface area contributed by atoms with Crippen molar-refractivity contribution < 1.29 is 9.53 Å². The molecule has 2 heterocycles. The molecule has 1 N–H and O–H groups in total. The molecule has 0 radical (unpaired) electrons. The molecule has 0 saturated carbocycles. The van der Waals surface area contributed by atoms with Gasteiger partial charge in [-0.15, -0.1) is 0 Å². The number of hydrogen-bond acceptors (Lipinski definition) is 5. The van der Waals surface area contributed by atoms with Gasteiger partial charge in [-0.2, -0.15) is 0 Å². The maximum Gasteiger partial charge on any atom is 0.225 e. The van der Waals surface area contributed by atoms with E-state index in [4.69, 9.17) is 9.72 Å². The van der Waals surface area contributed by atoms with Gasteiger partial charge in [0.2, 0.25) is 5.91 Å². The Morgan fingerprint density at radius 3 is 3.03 bits per heavy atom. The number of rotatable bonds is 5. The summed E-state index contributed by atoms with van der Waals surface area (Å²) in [5.41, 5.74) is 3.67. The molecule has 2 aliphatic rings. The number of nitrogens with zero attached hydrogens (tertiary/aromatic N) is 2. The SMILES string of the molecule is CCOc1ccc2nc(N3CCC[C@H](C(=O)N[C@@H]4CCCc5ccccc54)C3)sc2c1. The van der Waals surface area contributed by atoms with Crippen LogP contribution in [0.5, 0.6) is 5.75 Å². The van der Waals surface area contributed by atoms with Crippen molar-refractivity contribution in [2.45, 2.75) is 45.1 Å². The summed E-state index contributed by atoms with van der Waals surface area (Å²) in [6.07, 6.45) is 5.23. The predicted molar refractivity (Wildman–Crippen MR) is 126 cm³/mol. The van der Waals surface area contributed by atoms with Crippen LogP contribution in [-0.4, -0.2) is 30.6 Å². The Balaban J connectivity index is 1.28. The lowest BCUT2D eigenvalue weighted by Crippen LogP contribution is -2.44. The molecule has 1 amide bonds. The third-order valence-electron chi connectivity index (χ3n) is 6.41. The van der Waals surface area contributed by atoms with Gasteiger partial charge in [0.1, 0.15) is 5.75 Å². The molecule has 5 nitrogen and oxygen atoms in total. The Morgan fingerprint density at radius 2 is 2.13 bits per heavy atom. The molecule has 31 heavy (non-hydrogen) atoms. The minimum atomic E-state index is 0.00818. The Hall–Kier alpha value is -2.60. The number of carbonyl (C=O) groups is 1. The standard InChI is InChI=1S/C25H29N3O2S/c1-2-30-19-12-13-22-23(15-19)31-25(27-22)28-14-6-9-18(16-28)24(29)26-21-11-5-8-17-7-3-4-10-20(17)21/h3-4,7,10,12-13,15,18,21H,2,5-6,8-9,11,14,16H2,1H3,(H,26,29)/t18-,21+/m0/s1. The Labute approximate surface area is 187 Å². The van der Waals surface area contributed by atoms with Crippen molar-refractivity contribution in [3.63, 3.8) is 0 Å². The molecule has 0 unspecified atom stereocenters. The van der Waals surface area contributed by atoms with Crippen molar-refractivity contribution in [1.82, 2.24) is 10.3 Å². The average molecular weight is 436 g/mol. The van der Waals surface area contributed by atoms with Crippen molar-refractivity contribution >= 4 is 32.6 Å². The van der Waals surface area contributed by atoms with Crippen molar-refractivity contribution in [3.8, 4) is 5.75 Å². The lowest BCUT2D eigenvalue weighted by Gasteiger charge is -2.33. The lowest BCUT2D eigenvalue weighted by atomic mass is 9.87. The van der Waals surface area contributed by atoms with E-state index in [0.717, 1.165) is 66.3 Å². The van der Waals surface area contributed by atoms with Crippen LogP contribution in [0.4, 0.5) is 5.13 Å². The number of ether oxygens (including phenoxy) is 1. The molecule has 0 spiro atoms. The highest BCUT2D eigenvalue weighted by Gasteiger charge is 2.30. The first-order valence-corrected chi connectivity index (χ1v) is 12.2. The minimum absolute atomic E-state index is 0.00818. The molecular formula is C25H29N3O2S. The number of aromatic nitrogens is 1. The van der Waals surface area contributed by atoms with Crippen LogP contribution in [0.1, 0.15) is 49.8 Å². The summed E-state index contributed by atoms with van der Waals surface area (Å²) in [5.74, 6) is 1.08. The fourth-order valence-corrected chi connectivity index (χ4v) is 5.87. The minimum Gasteiger partial charge on any atom is -0.494 e. The van der Waals surface area contributed by atoms with E-state index in [9.17, 15) is 4.79 Å². The molecule has 162 valence electrons. The van der Waals surface area contributed by atoms with Crippen molar-refractivity contribution in [2.24, 2.45) is 5.92 Å². The van der Waals surface area contributed by atoms with Crippen LogP contribution in [0.25, 0.3) is 10.2 Å². The number of benzene rings is 2. The van der Waals surface area contributed by atoms with Crippen LogP contribution in [0.2, 0.25) is 0 Å². The van der Waals surface area contributed by atoms with Gasteiger partial charge < -0.3 is 15.0 Å². The van der Waals surface area contributed by atoms with Gasteiger partial charge in [0, 0.05) is 13.1 Å². The van der Waals surface area contributed by atoms with E-state index < -0.39 is 0 Å². The van der Waals surface area contributed by atoms with Gasteiger partial charge >= 0.3 is 0 Å². The van der Waals surface area contributed by atoms with E-state index >= 15 is 0 Å². The normalized spacial score (nSPS) is 21.0. The highest BCUT2D eigenvalue weighted by atomic mass is 32.1. The molecule has 5 rings (SSSR count). The zero-order chi connectivity index (χ0) is 21.2. The topological polar surface area (TPSA) is 54.5 Å². The second-order valence-electron chi connectivity index (χ2n) is 8.50. The summed E-state index contributed by atoms with van der Waals surface area (Å²) in [4.78, 5) is 20.3. The van der Waals surface area contributed by atoms with Crippen LogP contribution in [0.15, 0.2) is 42.5 Å². The summed E-state index contributed by atoms with van der Waals surface area (Å²) in [6.45, 7) is 4.34. The van der Waals surface area contributed by atoms with Crippen LogP contribution in [0.3, 0.4) is 0 Å². The Bertz CT molecular complexity index is 1080. The molecule has 1 saturated heterocycles. The summed E-state index contributed by atoms with van der Waals surface area (Å²) in [5, 5.41) is 4.37. The first kappa shape index (κ1) is 20.3. The molecule has 2 atom stereocenters. The molecule has 6 heteroatoms. The van der Waals surface area contributed by atoms with Gasteiger partial charge in [-0.3, -0.25) is 4.79 Å². The van der Waals surface area contributed by atoms with E-state index in [0.29, 0.717) is 6.61 Å². The number of carbonyl (C=O) groups excluding carboxylic acids is 1. The number of hydrogen-bond donors (Lipinski definition) is 1. The molecule has 1 aliphatic heterocycles. The lowest BCUT2D eigenvalue weighted by molar-refractivity contribution is -0.126. The highest BCUT2D eigenvalue weighted by molar-refractivity contribution is 7.22. The smallest absolute Gasteiger partial charge is 0.225 e. The average Bonchev–Trinajstić information content (AvgIpc) is 3.23. The van der Waals surface area contributed by atoms with E-state index in [1.807, 2.05) is 19.1 Å². The summed E-state index contributed by atoms with van der Waals surface area (Å²) >= 11 is 1.69. The van der Waals surface area contributed by atoms with Crippen molar-refractivity contribution in [2.75, 3.05) is 24.6 Å². The molecule has 3 aromatic rings. The number of amides is 1. The third kappa shape index (κ3) is 4.26. The maximum atomic E-state index is 13.2. The quantitative estimate of drug-likeness (QED) is 0.605. The fourth-order valence-electron chi connectivity index (χ4n) is 4.84. The summed E-state index contributed by atoms with van der Waals surface area (Å²) in [6, 6.07) is 14.7. The van der Waals surface area contributed by atoms with Crippen molar-refractivity contribution in [1.29, 1.82) is 0 Å². The number of fused-ring (bicyclic) bond motifs is 2. The second-order valence-corrected chi connectivity index (χ2v) is 9.51. The summed E-state index contributed by atoms with van der Waals surface area (Å²) < 4.78 is 6.76. The molecular weight excluding hydrogens is 406 g/mol. The predicted octanol–water partition coefficient (Wildman–Crippen LogP) is 5.11. The number of anilines is 1. The largest absolute Gasteiger partial charge is 0.494 e. The van der Waals surface area contributed by atoms with Gasteiger partial charge in [0.05, 0.1) is 28.8 Å². The molecule has 2 aromatic carbocycles. The fraction of sp³-hybridized carbons (Fsp3) is 0.440. The maximum absolute atomic E-state index is 13.2. The van der Waals surface area contributed by atoms with Gasteiger partial charge in [0.15, 0.2) is 5.13 Å². The highest BCUT2D eigenvalue weighted by Crippen LogP contribution is 2.34. The van der Waals surface area contributed by atoms with Crippen LogP contribution in [0, 0.1) is 5.92 Å². The van der Waals surface area contributed by atoms with E-state index in [2.05, 4.69) is 40.5 Å². The first-order chi connectivity index (χ1) is 15.2. The monoisotopic (exact) mass is 435 g/mol. The van der Waals surface area contributed by atoms with Crippen LogP contribution < -0.4 is 15.0 Å². The zero-order valence-corrected chi connectivity index (χ0v) is 18.8. The molecule has 1 fully saturated rings. The first-order valence-electron chi connectivity index (χ1n) is 11.4.